The van der Waals surface area contributed by atoms with Crippen molar-refractivity contribution in [2.75, 3.05) is 31.1 Å². The molecule has 0 amide bonds. The van der Waals surface area contributed by atoms with E-state index < -0.39 is 40.9 Å². The number of benzene rings is 3. The number of tetrazole rings is 1. The van der Waals surface area contributed by atoms with E-state index >= 15 is 0 Å². The topological polar surface area (TPSA) is 105 Å². The number of anilines is 1. The van der Waals surface area contributed by atoms with Crippen molar-refractivity contribution in [1.29, 1.82) is 0 Å². The molecular formula is C33H32F4N8O2. The third-order valence-electron chi connectivity index (χ3n) is 8.45. The van der Waals surface area contributed by atoms with Crippen molar-refractivity contribution in [2.45, 2.75) is 38.7 Å². The maximum Gasteiger partial charge on any atom is 0.416 e. The number of hydrogen-bond acceptors (Lipinski definition) is 7. The van der Waals surface area contributed by atoms with Crippen LogP contribution in [-0.2, 0) is 25.8 Å². The number of nitrogens with one attached hydrogen (secondary N) is 1. The molecule has 0 radical (unpaired) electrons. The van der Waals surface area contributed by atoms with Gasteiger partial charge in [0.05, 0.1) is 12.1 Å². The molecule has 14 heteroatoms. The lowest BCUT2D eigenvalue weighted by Crippen LogP contribution is -2.50. The van der Waals surface area contributed by atoms with Crippen LogP contribution in [0.25, 0.3) is 11.4 Å². The molecule has 47 heavy (non-hydrogen) atoms. The molecule has 1 fully saturated rings. The highest BCUT2D eigenvalue weighted by Crippen LogP contribution is 2.33. The molecular weight excluding hydrogens is 616 g/mol. The van der Waals surface area contributed by atoms with E-state index in [1.807, 2.05) is 66.4 Å². The molecule has 0 bridgehead atoms. The summed E-state index contributed by atoms with van der Waals surface area (Å²) in [4.78, 5) is 31.7. The van der Waals surface area contributed by atoms with Crippen molar-refractivity contribution >= 4 is 5.69 Å². The normalized spacial score (nSPS) is 14.8. The third-order valence-corrected chi connectivity index (χ3v) is 8.45. The van der Waals surface area contributed by atoms with Gasteiger partial charge in [-0.05, 0) is 40.5 Å². The molecule has 2 aromatic heterocycles. The molecule has 5 aromatic rings. The van der Waals surface area contributed by atoms with Crippen LogP contribution in [0.1, 0.15) is 35.1 Å². The lowest BCUT2D eigenvalue weighted by atomic mass is 10.0. The smallest absolute Gasteiger partial charge is 0.363 e. The van der Waals surface area contributed by atoms with E-state index in [0.717, 1.165) is 44.0 Å². The Hall–Kier alpha value is -5.11. The Balaban J connectivity index is 1.29. The highest BCUT2D eigenvalue weighted by Gasteiger charge is 2.35. The van der Waals surface area contributed by atoms with Crippen LogP contribution in [0.5, 0.6) is 0 Å². The van der Waals surface area contributed by atoms with E-state index in [2.05, 4.69) is 25.5 Å². The fourth-order valence-corrected chi connectivity index (χ4v) is 5.94. The number of H-pyrrole nitrogens is 1. The Morgan fingerprint density at radius 3 is 2.36 bits per heavy atom. The quantitative estimate of drug-likeness (QED) is 0.235. The predicted octanol–water partition coefficient (Wildman–Crippen LogP) is 4.52. The van der Waals surface area contributed by atoms with Crippen LogP contribution in [0.3, 0.4) is 0 Å². The Bertz CT molecular complexity index is 1950. The second-order valence-electron chi connectivity index (χ2n) is 11.6. The highest BCUT2D eigenvalue weighted by atomic mass is 19.4. The first kappa shape index (κ1) is 31.9. The number of aromatic amines is 1. The summed E-state index contributed by atoms with van der Waals surface area (Å²) in [5.41, 5.74) is -0.254. The predicted molar refractivity (Wildman–Crippen MR) is 167 cm³/mol. The fraction of sp³-hybridized carbons (Fsp3) is 0.303. The summed E-state index contributed by atoms with van der Waals surface area (Å²) in [7, 11) is 0. The van der Waals surface area contributed by atoms with Gasteiger partial charge in [0.25, 0.3) is 5.56 Å². The lowest BCUT2D eigenvalue weighted by Gasteiger charge is -2.36. The van der Waals surface area contributed by atoms with Gasteiger partial charge >= 0.3 is 11.9 Å². The van der Waals surface area contributed by atoms with Crippen LogP contribution >= 0.6 is 0 Å². The van der Waals surface area contributed by atoms with E-state index in [1.165, 1.54) is 6.20 Å². The zero-order valence-electron chi connectivity index (χ0n) is 25.5. The van der Waals surface area contributed by atoms with Crippen LogP contribution in [0, 0.1) is 5.82 Å². The van der Waals surface area contributed by atoms with Crippen LogP contribution < -0.4 is 16.1 Å². The Morgan fingerprint density at radius 2 is 1.66 bits per heavy atom. The molecule has 1 saturated heterocycles. The van der Waals surface area contributed by atoms with Gasteiger partial charge in [-0.3, -0.25) is 18.8 Å². The van der Waals surface area contributed by atoms with Crippen LogP contribution in [-0.4, -0.2) is 60.8 Å². The number of piperazine rings is 1. The van der Waals surface area contributed by atoms with Gasteiger partial charge in [-0.25, -0.2) is 9.18 Å². The molecule has 1 atom stereocenters. The molecule has 1 aliphatic rings. The maximum absolute atomic E-state index is 14.9. The highest BCUT2D eigenvalue weighted by molar-refractivity contribution is 5.55. The van der Waals surface area contributed by atoms with Crippen molar-refractivity contribution in [1.82, 2.24) is 34.7 Å². The Morgan fingerprint density at radius 1 is 0.915 bits per heavy atom. The standard InChI is InChI=1S/C33H32F4N8O2/c1-22(24-8-3-2-4-9-24)18-45-31(46)29(21-44(32(45)47)20-26-27(33(35,36)37)11-6-12-28(26)34)43-15-13-42(14-16-43)19-23-7-5-10-25(17-23)30-38-40-41-39-30/h2-12,17,21-22H,13-16,18-20H2,1H3,(H,38,39,40,41)/t22-/m0/s1. The molecule has 6 rings (SSSR count). The molecule has 3 aromatic carbocycles. The number of hydrogen-bond donors (Lipinski definition) is 1. The first-order valence-electron chi connectivity index (χ1n) is 15.1. The van der Waals surface area contributed by atoms with Gasteiger partial charge < -0.3 is 4.90 Å². The van der Waals surface area contributed by atoms with Gasteiger partial charge in [-0.1, -0.05) is 61.5 Å². The van der Waals surface area contributed by atoms with Gasteiger partial charge in [-0.2, -0.15) is 18.4 Å². The first-order valence-corrected chi connectivity index (χ1v) is 15.1. The van der Waals surface area contributed by atoms with Crippen molar-refractivity contribution in [3.63, 3.8) is 0 Å². The largest absolute Gasteiger partial charge is 0.416 e. The van der Waals surface area contributed by atoms with E-state index in [-0.39, 0.29) is 18.2 Å². The number of nitrogens with zero attached hydrogens (tertiary/aromatic N) is 7. The molecule has 0 unspecified atom stereocenters. The van der Waals surface area contributed by atoms with Gasteiger partial charge in [0.1, 0.15) is 11.5 Å². The summed E-state index contributed by atoms with van der Waals surface area (Å²) >= 11 is 0. The second-order valence-corrected chi connectivity index (χ2v) is 11.6. The molecule has 244 valence electrons. The molecule has 0 saturated carbocycles. The van der Waals surface area contributed by atoms with Crippen molar-refractivity contribution in [2.24, 2.45) is 0 Å². The summed E-state index contributed by atoms with van der Waals surface area (Å²) in [5, 5.41) is 14.1. The van der Waals surface area contributed by atoms with Crippen molar-refractivity contribution in [3.8, 4) is 11.4 Å². The van der Waals surface area contributed by atoms with Crippen LogP contribution in [0.15, 0.2) is 88.6 Å². The summed E-state index contributed by atoms with van der Waals surface area (Å²) in [6.07, 6.45) is -3.56. The Labute approximate surface area is 266 Å². The van der Waals surface area contributed by atoms with Gasteiger partial charge in [0.15, 0.2) is 0 Å². The molecule has 1 aliphatic heterocycles. The molecule has 0 spiro atoms. The minimum Gasteiger partial charge on any atom is -0.363 e. The zero-order chi connectivity index (χ0) is 33.1. The van der Waals surface area contributed by atoms with Crippen LogP contribution in [0.2, 0.25) is 0 Å². The molecule has 1 N–H and O–H groups in total. The minimum absolute atomic E-state index is 0.00436. The number of aromatic nitrogens is 6. The van der Waals surface area contributed by atoms with E-state index in [1.54, 1.807) is 0 Å². The molecule has 10 nitrogen and oxygen atoms in total. The maximum atomic E-state index is 14.9. The van der Waals surface area contributed by atoms with E-state index in [0.29, 0.717) is 38.5 Å². The van der Waals surface area contributed by atoms with E-state index in [9.17, 15) is 27.2 Å². The lowest BCUT2D eigenvalue weighted by molar-refractivity contribution is -0.138. The van der Waals surface area contributed by atoms with Crippen molar-refractivity contribution in [3.05, 3.63) is 128 Å². The summed E-state index contributed by atoms with van der Waals surface area (Å²) < 4.78 is 58.5. The summed E-state index contributed by atoms with van der Waals surface area (Å²) in [5.74, 6) is -0.854. The number of halogens is 4. The van der Waals surface area contributed by atoms with Crippen LogP contribution in [0.4, 0.5) is 23.2 Å². The second kappa shape index (κ2) is 13.3. The summed E-state index contributed by atoms with van der Waals surface area (Å²) in [6.45, 7) is 3.82. The third kappa shape index (κ3) is 7.02. The minimum atomic E-state index is -4.83. The fourth-order valence-electron chi connectivity index (χ4n) is 5.94. The average Bonchev–Trinajstić information content (AvgIpc) is 3.61. The number of alkyl halides is 3. The number of rotatable bonds is 9. The van der Waals surface area contributed by atoms with Gasteiger partial charge in [-0.15, -0.1) is 10.2 Å². The Kier molecular flexibility index (Phi) is 9.03. The monoisotopic (exact) mass is 648 g/mol. The van der Waals surface area contributed by atoms with Gasteiger partial charge in [0, 0.05) is 56.6 Å². The molecule has 3 heterocycles. The van der Waals surface area contributed by atoms with E-state index in [4.69, 9.17) is 0 Å². The van der Waals surface area contributed by atoms with Crippen molar-refractivity contribution < 1.29 is 17.6 Å². The SMILES string of the molecule is C[C@@H](Cn1c(=O)c(N2CCN(Cc3cccc(-c4nn[nH]n4)c3)CC2)cn(Cc2c(F)cccc2C(F)(F)F)c1=O)c1ccccc1. The molecule has 0 aliphatic carbocycles. The zero-order valence-corrected chi connectivity index (χ0v) is 25.5. The average molecular weight is 649 g/mol. The summed E-state index contributed by atoms with van der Waals surface area (Å²) in [6, 6.07) is 19.8. The van der Waals surface area contributed by atoms with Gasteiger partial charge in [0.2, 0.25) is 5.82 Å². The first-order chi connectivity index (χ1) is 22.6.